The predicted octanol–water partition coefficient (Wildman–Crippen LogP) is 2.36. The SMILES string of the molecule is CC(=O)n1ccc(OCCC(C)(C)C)n1. The van der Waals surface area contributed by atoms with Gasteiger partial charge in [-0.25, -0.2) is 4.68 Å². The quantitative estimate of drug-likeness (QED) is 0.769. The van der Waals surface area contributed by atoms with Crippen molar-refractivity contribution in [1.29, 1.82) is 0 Å². The minimum atomic E-state index is -0.110. The van der Waals surface area contributed by atoms with Crippen molar-refractivity contribution in [3.05, 3.63) is 12.3 Å². The summed E-state index contributed by atoms with van der Waals surface area (Å²) in [6, 6.07) is 1.70. The second-order valence-corrected chi connectivity index (χ2v) is 4.78. The number of hydrogen-bond acceptors (Lipinski definition) is 3. The van der Waals surface area contributed by atoms with Crippen LogP contribution in [0, 0.1) is 5.41 Å². The zero-order valence-corrected chi connectivity index (χ0v) is 9.78. The molecule has 0 atom stereocenters. The van der Waals surface area contributed by atoms with E-state index in [2.05, 4.69) is 25.9 Å². The van der Waals surface area contributed by atoms with Crippen LogP contribution in [0.4, 0.5) is 0 Å². The molecule has 0 fully saturated rings. The van der Waals surface area contributed by atoms with Crippen LogP contribution in [0.25, 0.3) is 0 Å². The minimum Gasteiger partial charge on any atom is -0.477 e. The van der Waals surface area contributed by atoms with Gasteiger partial charge in [-0.1, -0.05) is 20.8 Å². The lowest BCUT2D eigenvalue weighted by molar-refractivity contribution is 0.0918. The second-order valence-electron chi connectivity index (χ2n) is 4.78. The molecule has 0 radical (unpaired) electrons. The van der Waals surface area contributed by atoms with E-state index in [1.165, 1.54) is 11.6 Å². The monoisotopic (exact) mass is 210 g/mol. The predicted molar refractivity (Wildman–Crippen MR) is 58.1 cm³/mol. The molecule has 0 aliphatic rings. The van der Waals surface area contributed by atoms with Crippen LogP contribution in [0.3, 0.4) is 0 Å². The minimum absolute atomic E-state index is 0.110. The molecule has 0 bridgehead atoms. The Morgan fingerprint density at radius 2 is 2.20 bits per heavy atom. The highest BCUT2D eigenvalue weighted by Crippen LogP contribution is 2.18. The van der Waals surface area contributed by atoms with Crippen LogP contribution >= 0.6 is 0 Å². The third-order valence-electron chi connectivity index (χ3n) is 1.99. The maximum Gasteiger partial charge on any atom is 0.243 e. The summed E-state index contributed by atoms with van der Waals surface area (Å²) in [7, 11) is 0. The first-order chi connectivity index (χ1) is 6.88. The zero-order chi connectivity index (χ0) is 11.5. The van der Waals surface area contributed by atoms with E-state index in [1.54, 1.807) is 12.3 Å². The van der Waals surface area contributed by atoms with Crippen molar-refractivity contribution in [1.82, 2.24) is 9.78 Å². The van der Waals surface area contributed by atoms with Crippen LogP contribution in [0.5, 0.6) is 5.88 Å². The third kappa shape index (κ3) is 4.14. The van der Waals surface area contributed by atoms with Gasteiger partial charge in [0.2, 0.25) is 11.8 Å². The van der Waals surface area contributed by atoms with Gasteiger partial charge < -0.3 is 4.74 Å². The van der Waals surface area contributed by atoms with Gasteiger partial charge in [0.15, 0.2) is 0 Å². The number of nitrogens with zero attached hydrogens (tertiary/aromatic N) is 2. The smallest absolute Gasteiger partial charge is 0.243 e. The van der Waals surface area contributed by atoms with Gasteiger partial charge >= 0.3 is 0 Å². The number of ether oxygens (including phenoxy) is 1. The highest BCUT2D eigenvalue weighted by Gasteiger charge is 2.10. The zero-order valence-electron chi connectivity index (χ0n) is 9.78. The Hall–Kier alpha value is -1.32. The maximum atomic E-state index is 10.9. The second kappa shape index (κ2) is 4.47. The summed E-state index contributed by atoms with van der Waals surface area (Å²) in [5.74, 6) is 0.398. The Bertz CT molecular complexity index is 337. The van der Waals surface area contributed by atoms with Crippen LogP contribution in [0.2, 0.25) is 0 Å². The Morgan fingerprint density at radius 3 is 2.67 bits per heavy atom. The summed E-state index contributed by atoms with van der Waals surface area (Å²) in [4.78, 5) is 10.9. The molecule has 0 N–H and O–H groups in total. The average Bonchev–Trinajstić information content (AvgIpc) is 2.50. The molecule has 4 nitrogen and oxygen atoms in total. The first-order valence-corrected chi connectivity index (χ1v) is 5.08. The largest absolute Gasteiger partial charge is 0.477 e. The third-order valence-corrected chi connectivity index (χ3v) is 1.99. The molecule has 0 saturated carbocycles. The van der Waals surface area contributed by atoms with E-state index in [9.17, 15) is 4.79 Å². The lowest BCUT2D eigenvalue weighted by Gasteiger charge is -2.17. The first kappa shape index (κ1) is 11.8. The number of carbonyl (C=O) groups is 1. The van der Waals surface area contributed by atoms with Gasteiger partial charge in [-0.2, -0.15) is 0 Å². The molecule has 4 heteroatoms. The fraction of sp³-hybridized carbons (Fsp3) is 0.636. The average molecular weight is 210 g/mol. The summed E-state index contributed by atoms with van der Waals surface area (Å²) < 4.78 is 6.70. The molecule has 1 heterocycles. The number of hydrogen-bond donors (Lipinski definition) is 0. The van der Waals surface area contributed by atoms with E-state index in [4.69, 9.17) is 4.74 Å². The summed E-state index contributed by atoms with van der Waals surface area (Å²) in [5, 5.41) is 3.97. The molecular weight excluding hydrogens is 192 g/mol. The van der Waals surface area contributed by atoms with Crippen LogP contribution in [-0.2, 0) is 0 Å². The van der Waals surface area contributed by atoms with E-state index in [1.807, 2.05) is 0 Å². The topological polar surface area (TPSA) is 44.1 Å². The Labute approximate surface area is 90.2 Å². The highest BCUT2D eigenvalue weighted by atomic mass is 16.5. The van der Waals surface area contributed by atoms with Gasteiger partial charge in [-0.05, 0) is 11.8 Å². The number of rotatable bonds is 3. The fourth-order valence-electron chi connectivity index (χ4n) is 1.02. The van der Waals surface area contributed by atoms with Crippen LogP contribution in [-0.4, -0.2) is 22.3 Å². The van der Waals surface area contributed by atoms with Crippen molar-refractivity contribution in [3.63, 3.8) is 0 Å². The molecule has 0 aliphatic carbocycles. The van der Waals surface area contributed by atoms with Gasteiger partial charge in [-0.3, -0.25) is 4.79 Å². The van der Waals surface area contributed by atoms with Crippen molar-refractivity contribution in [2.75, 3.05) is 6.61 Å². The van der Waals surface area contributed by atoms with E-state index in [0.29, 0.717) is 12.5 Å². The summed E-state index contributed by atoms with van der Waals surface area (Å²) in [6.07, 6.45) is 2.56. The van der Waals surface area contributed by atoms with Crippen molar-refractivity contribution < 1.29 is 9.53 Å². The summed E-state index contributed by atoms with van der Waals surface area (Å²) in [6.45, 7) is 8.56. The highest BCUT2D eigenvalue weighted by molar-refractivity contribution is 5.75. The van der Waals surface area contributed by atoms with E-state index in [-0.39, 0.29) is 11.3 Å². The Morgan fingerprint density at radius 1 is 1.53 bits per heavy atom. The van der Waals surface area contributed by atoms with Gasteiger partial charge in [0.25, 0.3) is 0 Å². The van der Waals surface area contributed by atoms with Crippen molar-refractivity contribution >= 4 is 5.91 Å². The molecule has 0 saturated heterocycles. The number of aromatic nitrogens is 2. The van der Waals surface area contributed by atoms with Gasteiger partial charge in [-0.15, -0.1) is 5.10 Å². The summed E-state index contributed by atoms with van der Waals surface area (Å²) in [5.41, 5.74) is 0.253. The van der Waals surface area contributed by atoms with Gasteiger partial charge in [0.05, 0.1) is 6.61 Å². The van der Waals surface area contributed by atoms with E-state index >= 15 is 0 Å². The standard InChI is InChI=1S/C11H18N2O2/c1-9(14)13-7-5-10(12-13)15-8-6-11(2,3)4/h5,7H,6,8H2,1-4H3. The molecule has 1 aromatic rings. The van der Waals surface area contributed by atoms with E-state index in [0.717, 1.165) is 6.42 Å². The van der Waals surface area contributed by atoms with E-state index < -0.39 is 0 Å². The molecule has 0 unspecified atom stereocenters. The first-order valence-electron chi connectivity index (χ1n) is 5.08. The Kier molecular flexibility index (Phi) is 3.50. The molecule has 1 rings (SSSR count). The fourth-order valence-corrected chi connectivity index (χ4v) is 1.02. The normalized spacial score (nSPS) is 11.5. The maximum absolute atomic E-state index is 10.9. The van der Waals surface area contributed by atoms with Crippen molar-refractivity contribution in [3.8, 4) is 5.88 Å². The summed E-state index contributed by atoms with van der Waals surface area (Å²) >= 11 is 0. The Balaban J connectivity index is 2.41. The van der Waals surface area contributed by atoms with Crippen LogP contribution < -0.4 is 4.74 Å². The van der Waals surface area contributed by atoms with Crippen molar-refractivity contribution in [2.24, 2.45) is 5.41 Å². The van der Waals surface area contributed by atoms with Crippen LogP contribution in [0.1, 0.15) is 38.9 Å². The van der Waals surface area contributed by atoms with Crippen molar-refractivity contribution in [2.45, 2.75) is 34.1 Å². The van der Waals surface area contributed by atoms with Gasteiger partial charge in [0, 0.05) is 19.2 Å². The lowest BCUT2D eigenvalue weighted by atomic mass is 9.93. The molecular formula is C11H18N2O2. The molecule has 15 heavy (non-hydrogen) atoms. The number of carbonyl (C=O) groups excluding carboxylic acids is 1. The van der Waals surface area contributed by atoms with Gasteiger partial charge in [0.1, 0.15) is 0 Å². The molecule has 0 spiro atoms. The molecule has 0 aliphatic heterocycles. The lowest BCUT2D eigenvalue weighted by Crippen LogP contribution is -2.12. The van der Waals surface area contributed by atoms with Crippen LogP contribution in [0.15, 0.2) is 12.3 Å². The molecule has 84 valence electrons. The molecule has 1 aromatic heterocycles. The molecule has 0 aromatic carbocycles. The molecule has 0 amide bonds.